The van der Waals surface area contributed by atoms with Gasteiger partial charge in [0.1, 0.15) is 5.82 Å². The molecule has 0 aliphatic heterocycles. The summed E-state index contributed by atoms with van der Waals surface area (Å²) in [6, 6.07) is 3.99. The van der Waals surface area contributed by atoms with Crippen molar-refractivity contribution in [2.24, 2.45) is 0 Å². The van der Waals surface area contributed by atoms with Crippen LogP contribution in [0.25, 0.3) is 0 Å². The van der Waals surface area contributed by atoms with Gasteiger partial charge in [-0.3, -0.25) is 0 Å². The van der Waals surface area contributed by atoms with Gasteiger partial charge in [-0.2, -0.15) is 0 Å². The third-order valence-electron chi connectivity index (χ3n) is 3.47. The zero-order valence-electron chi connectivity index (χ0n) is 11.0. The molecule has 0 spiro atoms. The summed E-state index contributed by atoms with van der Waals surface area (Å²) in [4.78, 5) is 0. The molecule has 2 rings (SSSR count). The first-order valence-corrected chi connectivity index (χ1v) is 8.20. The number of hydrogen-bond donors (Lipinski definition) is 1. The Morgan fingerprint density at radius 1 is 1.21 bits per heavy atom. The van der Waals surface area contributed by atoms with E-state index in [1.165, 1.54) is 31.7 Å². The predicted octanol–water partition coefficient (Wildman–Crippen LogP) is 5.10. The minimum absolute atomic E-state index is 0.160. The van der Waals surface area contributed by atoms with Gasteiger partial charge in [0.2, 0.25) is 0 Å². The monoisotopic (exact) mass is 347 g/mol. The van der Waals surface area contributed by atoms with Crippen LogP contribution in [0.4, 0.5) is 4.39 Å². The molecule has 1 aliphatic rings. The van der Waals surface area contributed by atoms with Crippen LogP contribution in [-0.4, -0.2) is 12.6 Å². The fraction of sp³-hybridized carbons (Fsp3) is 0.600. The molecule has 1 aromatic rings. The number of unbranched alkanes of at least 4 members (excludes halogenated alkanes) is 3. The third kappa shape index (κ3) is 5.41. The summed E-state index contributed by atoms with van der Waals surface area (Å²) >= 11 is 9.21. The van der Waals surface area contributed by atoms with Crippen molar-refractivity contribution in [3.63, 3.8) is 0 Å². The summed E-state index contributed by atoms with van der Waals surface area (Å²) in [7, 11) is 0. The lowest BCUT2D eigenvalue weighted by atomic mass is 10.1. The predicted molar refractivity (Wildman–Crippen MR) is 82.3 cm³/mol. The fourth-order valence-electron chi connectivity index (χ4n) is 2.14. The molecular formula is C15H20BrClFN. The Kier molecular flexibility index (Phi) is 6.11. The van der Waals surface area contributed by atoms with Crippen LogP contribution in [0.1, 0.15) is 44.1 Å². The van der Waals surface area contributed by atoms with Crippen molar-refractivity contribution in [1.82, 2.24) is 5.32 Å². The van der Waals surface area contributed by atoms with Crippen molar-refractivity contribution in [3.8, 4) is 0 Å². The van der Waals surface area contributed by atoms with Crippen LogP contribution >= 0.6 is 27.5 Å². The van der Waals surface area contributed by atoms with Crippen LogP contribution in [0.15, 0.2) is 16.6 Å². The Bertz CT molecular complexity index is 421. The van der Waals surface area contributed by atoms with Gasteiger partial charge in [0.25, 0.3) is 0 Å². The highest BCUT2D eigenvalue weighted by atomic mass is 79.9. The molecule has 0 atom stereocenters. The lowest BCUT2D eigenvalue weighted by Crippen LogP contribution is -2.17. The van der Waals surface area contributed by atoms with E-state index in [4.69, 9.17) is 11.6 Å². The van der Waals surface area contributed by atoms with E-state index in [2.05, 4.69) is 21.2 Å². The Hall–Kier alpha value is -0.120. The number of rotatable bonds is 8. The summed E-state index contributed by atoms with van der Waals surface area (Å²) in [5.74, 6) is -0.160. The lowest BCUT2D eigenvalue weighted by Gasteiger charge is -2.06. The summed E-state index contributed by atoms with van der Waals surface area (Å²) < 4.78 is 14.3. The SMILES string of the molecule is Fc1cc(Br)c(Cl)cc1CCCCCCNC1CC1. The molecule has 0 aromatic heterocycles. The summed E-state index contributed by atoms with van der Waals surface area (Å²) in [5, 5.41) is 4.09. The van der Waals surface area contributed by atoms with Gasteiger partial charge in [-0.05, 0) is 72.3 Å². The van der Waals surface area contributed by atoms with E-state index in [9.17, 15) is 4.39 Å². The zero-order chi connectivity index (χ0) is 13.7. The molecule has 0 radical (unpaired) electrons. The second-order valence-electron chi connectivity index (χ2n) is 5.25. The smallest absolute Gasteiger partial charge is 0.127 e. The minimum Gasteiger partial charge on any atom is -0.314 e. The van der Waals surface area contributed by atoms with Crippen molar-refractivity contribution >= 4 is 27.5 Å². The van der Waals surface area contributed by atoms with Gasteiger partial charge >= 0.3 is 0 Å². The number of nitrogens with one attached hydrogen (secondary N) is 1. The summed E-state index contributed by atoms with van der Waals surface area (Å²) in [6.45, 7) is 1.13. The molecule has 19 heavy (non-hydrogen) atoms. The van der Waals surface area contributed by atoms with Crippen LogP contribution in [0.2, 0.25) is 5.02 Å². The summed E-state index contributed by atoms with van der Waals surface area (Å²) in [6.07, 6.45) is 8.09. The topological polar surface area (TPSA) is 12.0 Å². The number of benzene rings is 1. The molecule has 0 amide bonds. The molecule has 0 saturated heterocycles. The first-order valence-electron chi connectivity index (χ1n) is 7.03. The van der Waals surface area contributed by atoms with E-state index in [1.54, 1.807) is 6.07 Å². The maximum absolute atomic E-state index is 13.7. The van der Waals surface area contributed by atoms with Crippen LogP contribution < -0.4 is 5.32 Å². The molecule has 0 heterocycles. The van der Waals surface area contributed by atoms with Crippen molar-refractivity contribution < 1.29 is 4.39 Å². The highest BCUT2D eigenvalue weighted by molar-refractivity contribution is 9.10. The van der Waals surface area contributed by atoms with E-state index >= 15 is 0 Å². The van der Waals surface area contributed by atoms with Gasteiger partial charge in [-0.25, -0.2) is 4.39 Å². The molecule has 1 saturated carbocycles. The van der Waals surface area contributed by atoms with Gasteiger partial charge < -0.3 is 5.32 Å². The maximum atomic E-state index is 13.7. The highest BCUT2D eigenvalue weighted by Gasteiger charge is 2.19. The largest absolute Gasteiger partial charge is 0.314 e. The second-order valence-corrected chi connectivity index (χ2v) is 6.51. The molecule has 1 fully saturated rings. The quantitative estimate of drug-likeness (QED) is 0.509. The van der Waals surface area contributed by atoms with Crippen molar-refractivity contribution in [2.75, 3.05) is 6.54 Å². The van der Waals surface area contributed by atoms with E-state index in [0.29, 0.717) is 9.50 Å². The molecular weight excluding hydrogens is 329 g/mol. The third-order valence-corrected chi connectivity index (χ3v) is 4.67. The van der Waals surface area contributed by atoms with Crippen LogP contribution in [0, 0.1) is 5.82 Å². The van der Waals surface area contributed by atoms with Gasteiger partial charge in [0.15, 0.2) is 0 Å². The average Bonchev–Trinajstić information content (AvgIpc) is 3.18. The molecule has 1 aromatic carbocycles. The molecule has 1 nitrogen and oxygen atoms in total. The van der Waals surface area contributed by atoms with Gasteiger partial charge in [0.05, 0.1) is 5.02 Å². The van der Waals surface area contributed by atoms with Crippen molar-refractivity contribution in [1.29, 1.82) is 0 Å². The highest BCUT2D eigenvalue weighted by Crippen LogP contribution is 2.26. The Balaban J connectivity index is 1.60. The maximum Gasteiger partial charge on any atom is 0.127 e. The average molecular weight is 349 g/mol. The van der Waals surface area contributed by atoms with Gasteiger partial charge in [-0.15, -0.1) is 0 Å². The first kappa shape index (κ1) is 15.3. The van der Waals surface area contributed by atoms with E-state index in [-0.39, 0.29) is 5.82 Å². The lowest BCUT2D eigenvalue weighted by molar-refractivity contribution is 0.571. The molecule has 0 bridgehead atoms. The molecule has 4 heteroatoms. The molecule has 1 aliphatic carbocycles. The fourth-order valence-corrected chi connectivity index (χ4v) is 2.64. The molecule has 106 valence electrons. The number of hydrogen-bond acceptors (Lipinski definition) is 1. The Morgan fingerprint density at radius 2 is 1.95 bits per heavy atom. The Morgan fingerprint density at radius 3 is 2.68 bits per heavy atom. The van der Waals surface area contributed by atoms with E-state index in [0.717, 1.165) is 37.4 Å². The van der Waals surface area contributed by atoms with Crippen LogP contribution in [0.3, 0.4) is 0 Å². The normalized spacial score (nSPS) is 14.9. The number of aryl methyl sites for hydroxylation is 1. The van der Waals surface area contributed by atoms with Crippen molar-refractivity contribution in [2.45, 2.75) is 51.0 Å². The Labute approximate surface area is 128 Å². The van der Waals surface area contributed by atoms with Gasteiger partial charge in [-0.1, -0.05) is 24.4 Å². The van der Waals surface area contributed by atoms with E-state index in [1.807, 2.05) is 0 Å². The van der Waals surface area contributed by atoms with Gasteiger partial charge in [0, 0.05) is 10.5 Å². The van der Waals surface area contributed by atoms with Crippen LogP contribution in [0.5, 0.6) is 0 Å². The first-order chi connectivity index (χ1) is 9.16. The second kappa shape index (κ2) is 7.61. The van der Waals surface area contributed by atoms with Crippen LogP contribution in [-0.2, 0) is 6.42 Å². The van der Waals surface area contributed by atoms with E-state index < -0.39 is 0 Å². The van der Waals surface area contributed by atoms with Crippen molar-refractivity contribution in [3.05, 3.63) is 33.0 Å². The minimum atomic E-state index is -0.160. The zero-order valence-corrected chi connectivity index (χ0v) is 13.4. The molecule has 0 unspecified atom stereocenters. The standard InChI is InChI=1S/C15H20BrClFN/c16-13-10-15(18)11(9-14(13)17)5-3-1-2-4-8-19-12-6-7-12/h9-10,12,19H,1-8H2. The molecule has 1 N–H and O–H groups in total. The summed E-state index contributed by atoms with van der Waals surface area (Å²) in [5.41, 5.74) is 0.726. The number of halogens is 3.